The van der Waals surface area contributed by atoms with Crippen LogP contribution in [0.2, 0.25) is 0 Å². The summed E-state index contributed by atoms with van der Waals surface area (Å²) in [5.41, 5.74) is 2.19. The zero-order valence-electron chi connectivity index (χ0n) is 14.6. The number of benzene rings is 1. The Labute approximate surface area is 143 Å². The molecule has 1 fully saturated rings. The van der Waals surface area contributed by atoms with E-state index in [-0.39, 0.29) is 11.3 Å². The zero-order valence-corrected chi connectivity index (χ0v) is 14.6. The molecule has 24 heavy (non-hydrogen) atoms. The molecule has 1 N–H and O–H groups in total. The van der Waals surface area contributed by atoms with Crippen molar-refractivity contribution in [1.82, 2.24) is 10.3 Å². The summed E-state index contributed by atoms with van der Waals surface area (Å²) in [5, 5.41) is 2.85. The molecular weight excluding hydrogens is 298 g/mol. The third kappa shape index (κ3) is 3.28. The molecule has 0 radical (unpaired) electrons. The predicted molar refractivity (Wildman–Crippen MR) is 97.4 cm³/mol. The minimum Gasteiger partial charge on any atom is -0.355 e. The molecule has 126 valence electrons. The highest BCUT2D eigenvalue weighted by Crippen LogP contribution is 2.43. The Kier molecular flexibility index (Phi) is 4.56. The second-order valence-electron chi connectivity index (χ2n) is 7.09. The first-order chi connectivity index (χ1) is 11.5. The predicted octanol–water partition coefficient (Wildman–Crippen LogP) is 3.46. The summed E-state index contributed by atoms with van der Waals surface area (Å²) in [6, 6.07) is 14.3. The zero-order chi connectivity index (χ0) is 17.2. The van der Waals surface area contributed by atoms with Crippen molar-refractivity contribution >= 4 is 11.7 Å². The normalized spacial score (nSPS) is 19.3. The van der Waals surface area contributed by atoms with Crippen molar-refractivity contribution in [3.8, 4) is 0 Å². The number of nitrogens with one attached hydrogen (secondary N) is 1. The van der Waals surface area contributed by atoms with E-state index in [0.29, 0.717) is 18.0 Å². The molecule has 0 saturated carbocycles. The Hall–Kier alpha value is -2.36. The monoisotopic (exact) mass is 323 g/mol. The van der Waals surface area contributed by atoms with Gasteiger partial charge in [0.15, 0.2) is 0 Å². The van der Waals surface area contributed by atoms with Gasteiger partial charge in [-0.1, -0.05) is 44.2 Å². The number of anilines is 1. The SMILES string of the molecule is CCNC(=O)c1ccnc(N2CC(c3ccccc3)C(C)(C)C2)c1. The van der Waals surface area contributed by atoms with Gasteiger partial charge in [-0.25, -0.2) is 4.98 Å². The van der Waals surface area contributed by atoms with E-state index in [0.717, 1.165) is 18.9 Å². The van der Waals surface area contributed by atoms with E-state index in [1.165, 1.54) is 5.56 Å². The molecule has 2 aromatic rings. The lowest BCUT2D eigenvalue weighted by Crippen LogP contribution is -2.25. The molecule has 3 rings (SSSR count). The number of hydrogen-bond acceptors (Lipinski definition) is 3. The molecule has 2 heterocycles. The van der Waals surface area contributed by atoms with Crippen molar-refractivity contribution < 1.29 is 4.79 Å². The molecule has 1 aromatic carbocycles. The van der Waals surface area contributed by atoms with Crippen LogP contribution in [0.1, 0.15) is 42.6 Å². The van der Waals surface area contributed by atoms with Crippen molar-refractivity contribution in [2.24, 2.45) is 5.41 Å². The first kappa shape index (κ1) is 16.5. The van der Waals surface area contributed by atoms with E-state index >= 15 is 0 Å². The van der Waals surface area contributed by atoms with Gasteiger partial charge in [0.1, 0.15) is 5.82 Å². The van der Waals surface area contributed by atoms with Gasteiger partial charge in [-0.3, -0.25) is 4.79 Å². The fraction of sp³-hybridized carbons (Fsp3) is 0.400. The van der Waals surface area contributed by atoms with Crippen LogP contribution >= 0.6 is 0 Å². The second-order valence-corrected chi connectivity index (χ2v) is 7.09. The Bertz CT molecular complexity index is 712. The smallest absolute Gasteiger partial charge is 0.251 e. The minimum absolute atomic E-state index is 0.0424. The first-order valence-corrected chi connectivity index (χ1v) is 8.55. The molecule has 1 amide bonds. The van der Waals surface area contributed by atoms with Gasteiger partial charge in [-0.15, -0.1) is 0 Å². The van der Waals surface area contributed by atoms with Crippen LogP contribution < -0.4 is 10.2 Å². The lowest BCUT2D eigenvalue weighted by Gasteiger charge is -2.25. The molecular formula is C20H25N3O. The number of pyridine rings is 1. The topological polar surface area (TPSA) is 45.2 Å². The lowest BCUT2D eigenvalue weighted by molar-refractivity contribution is 0.0955. The number of hydrogen-bond donors (Lipinski definition) is 1. The largest absolute Gasteiger partial charge is 0.355 e. The Balaban J connectivity index is 1.84. The number of carbonyl (C=O) groups is 1. The summed E-state index contributed by atoms with van der Waals surface area (Å²) < 4.78 is 0. The molecule has 1 atom stereocenters. The lowest BCUT2D eigenvalue weighted by atomic mass is 9.78. The number of rotatable bonds is 4. The summed E-state index contributed by atoms with van der Waals surface area (Å²) in [7, 11) is 0. The van der Waals surface area contributed by atoms with E-state index in [9.17, 15) is 4.79 Å². The highest BCUT2D eigenvalue weighted by atomic mass is 16.1. The molecule has 0 spiro atoms. The van der Waals surface area contributed by atoms with Crippen LogP contribution in [0.25, 0.3) is 0 Å². The first-order valence-electron chi connectivity index (χ1n) is 8.55. The molecule has 1 aliphatic heterocycles. The average molecular weight is 323 g/mol. The highest BCUT2D eigenvalue weighted by Gasteiger charge is 2.40. The van der Waals surface area contributed by atoms with Crippen molar-refractivity contribution in [1.29, 1.82) is 0 Å². The van der Waals surface area contributed by atoms with Crippen LogP contribution in [0, 0.1) is 5.41 Å². The van der Waals surface area contributed by atoms with Gasteiger partial charge in [0, 0.05) is 37.3 Å². The van der Waals surface area contributed by atoms with Gasteiger partial charge in [-0.05, 0) is 30.0 Å². The van der Waals surface area contributed by atoms with Crippen LogP contribution in [-0.2, 0) is 0 Å². The third-order valence-electron chi connectivity index (χ3n) is 4.82. The summed E-state index contributed by atoms with van der Waals surface area (Å²) in [6.45, 7) is 9.01. The minimum atomic E-state index is -0.0424. The fourth-order valence-corrected chi connectivity index (χ4v) is 3.55. The Morgan fingerprint density at radius 2 is 2.04 bits per heavy atom. The van der Waals surface area contributed by atoms with E-state index in [1.807, 2.05) is 13.0 Å². The van der Waals surface area contributed by atoms with Gasteiger partial charge < -0.3 is 10.2 Å². The van der Waals surface area contributed by atoms with Gasteiger partial charge in [-0.2, -0.15) is 0 Å². The number of amides is 1. The van der Waals surface area contributed by atoms with E-state index in [4.69, 9.17) is 0 Å². The van der Waals surface area contributed by atoms with Crippen molar-refractivity contribution in [3.05, 3.63) is 59.8 Å². The second kappa shape index (κ2) is 6.63. The van der Waals surface area contributed by atoms with Crippen molar-refractivity contribution in [3.63, 3.8) is 0 Å². The van der Waals surface area contributed by atoms with Gasteiger partial charge in [0.05, 0.1) is 0 Å². The van der Waals surface area contributed by atoms with Crippen molar-refractivity contribution in [2.75, 3.05) is 24.5 Å². The molecule has 1 aliphatic rings. The van der Waals surface area contributed by atoms with Crippen LogP contribution in [0.4, 0.5) is 5.82 Å². The molecule has 1 unspecified atom stereocenters. The molecule has 4 heteroatoms. The Morgan fingerprint density at radius 3 is 2.75 bits per heavy atom. The van der Waals surface area contributed by atoms with Crippen LogP contribution in [0.5, 0.6) is 0 Å². The summed E-state index contributed by atoms with van der Waals surface area (Å²) >= 11 is 0. The maximum atomic E-state index is 12.1. The maximum absolute atomic E-state index is 12.1. The summed E-state index contributed by atoms with van der Waals surface area (Å²) in [6.07, 6.45) is 1.72. The molecule has 1 saturated heterocycles. The number of nitrogens with zero attached hydrogens (tertiary/aromatic N) is 2. The van der Waals surface area contributed by atoms with Gasteiger partial charge >= 0.3 is 0 Å². The Morgan fingerprint density at radius 1 is 1.29 bits per heavy atom. The third-order valence-corrected chi connectivity index (χ3v) is 4.82. The fourth-order valence-electron chi connectivity index (χ4n) is 3.55. The van der Waals surface area contributed by atoms with Crippen LogP contribution in [0.3, 0.4) is 0 Å². The summed E-state index contributed by atoms with van der Waals surface area (Å²) in [4.78, 5) is 18.9. The molecule has 0 aliphatic carbocycles. The van der Waals surface area contributed by atoms with Crippen LogP contribution in [-0.4, -0.2) is 30.5 Å². The van der Waals surface area contributed by atoms with E-state index in [2.05, 4.69) is 59.4 Å². The molecule has 4 nitrogen and oxygen atoms in total. The summed E-state index contributed by atoms with van der Waals surface area (Å²) in [5.74, 6) is 1.29. The van der Waals surface area contributed by atoms with Crippen LogP contribution in [0.15, 0.2) is 48.7 Å². The average Bonchev–Trinajstić information content (AvgIpc) is 2.91. The highest BCUT2D eigenvalue weighted by molar-refractivity contribution is 5.94. The standard InChI is InChI=1S/C20H25N3O/c1-4-21-19(24)16-10-11-22-18(12-16)23-13-17(20(2,3)14-23)15-8-6-5-7-9-15/h5-12,17H,4,13-14H2,1-3H3,(H,21,24). The number of carbonyl (C=O) groups excluding carboxylic acids is 1. The maximum Gasteiger partial charge on any atom is 0.251 e. The number of aromatic nitrogens is 1. The van der Waals surface area contributed by atoms with Gasteiger partial charge in [0.2, 0.25) is 0 Å². The van der Waals surface area contributed by atoms with Crippen molar-refractivity contribution in [2.45, 2.75) is 26.7 Å². The van der Waals surface area contributed by atoms with Gasteiger partial charge in [0.25, 0.3) is 5.91 Å². The molecule has 1 aromatic heterocycles. The quantitative estimate of drug-likeness (QED) is 0.937. The van der Waals surface area contributed by atoms with E-state index < -0.39 is 0 Å². The molecule has 0 bridgehead atoms. The van der Waals surface area contributed by atoms with E-state index in [1.54, 1.807) is 12.3 Å².